The van der Waals surface area contributed by atoms with Crippen LogP contribution in [-0.2, 0) is 11.3 Å². The van der Waals surface area contributed by atoms with Gasteiger partial charge in [0, 0.05) is 12.6 Å². The molecule has 0 radical (unpaired) electrons. The van der Waals surface area contributed by atoms with E-state index in [0.717, 1.165) is 30.0 Å². The number of thioether (sulfide) groups is 1. The molecule has 1 saturated carbocycles. The summed E-state index contributed by atoms with van der Waals surface area (Å²) in [6.07, 6.45) is 7.50. The summed E-state index contributed by atoms with van der Waals surface area (Å²) in [5, 5.41) is 12.7. The van der Waals surface area contributed by atoms with Gasteiger partial charge in [-0.2, -0.15) is 0 Å². The van der Waals surface area contributed by atoms with E-state index in [1.807, 2.05) is 37.3 Å². The van der Waals surface area contributed by atoms with Gasteiger partial charge in [0.25, 0.3) is 5.56 Å². The highest BCUT2D eigenvalue weighted by Crippen LogP contribution is 2.29. The molecule has 1 fully saturated rings. The Morgan fingerprint density at radius 2 is 1.97 bits per heavy atom. The van der Waals surface area contributed by atoms with Crippen molar-refractivity contribution in [2.75, 3.05) is 28.2 Å². The van der Waals surface area contributed by atoms with Gasteiger partial charge in [0.15, 0.2) is 10.0 Å². The predicted octanol–water partition coefficient (Wildman–Crippen LogP) is 3.69. The third kappa shape index (κ3) is 7.01. The van der Waals surface area contributed by atoms with Crippen molar-refractivity contribution in [3.05, 3.63) is 56.7 Å². The zero-order chi connectivity index (χ0) is 26.2. The number of carbonyl (C=O) groups is 1. The number of nitrogen functional groups attached to an aromatic ring is 1. The van der Waals surface area contributed by atoms with Gasteiger partial charge in [-0.15, -0.1) is 10.2 Å². The summed E-state index contributed by atoms with van der Waals surface area (Å²) in [6, 6.07) is 9.76. The van der Waals surface area contributed by atoms with Crippen molar-refractivity contribution in [3.63, 3.8) is 0 Å². The van der Waals surface area contributed by atoms with Crippen LogP contribution in [0.4, 0.5) is 16.6 Å². The molecule has 198 valence electrons. The third-order valence-corrected chi connectivity index (χ3v) is 8.33. The number of nitrogens with two attached hydrogens (primary N) is 1. The first-order valence-electron chi connectivity index (χ1n) is 12.7. The largest absolute Gasteiger partial charge is 0.383 e. The van der Waals surface area contributed by atoms with E-state index in [1.54, 1.807) is 0 Å². The van der Waals surface area contributed by atoms with Crippen LogP contribution in [0.1, 0.15) is 57.4 Å². The number of aromatic amines is 1. The Morgan fingerprint density at radius 1 is 1.22 bits per heavy atom. The molecule has 2 aromatic heterocycles. The average molecular weight is 544 g/mol. The minimum Gasteiger partial charge on any atom is -0.383 e. The van der Waals surface area contributed by atoms with Gasteiger partial charge in [0.05, 0.1) is 12.3 Å². The van der Waals surface area contributed by atoms with Crippen molar-refractivity contribution in [3.8, 4) is 0 Å². The van der Waals surface area contributed by atoms with Gasteiger partial charge >= 0.3 is 5.69 Å². The van der Waals surface area contributed by atoms with E-state index in [4.69, 9.17) is 5.73 Å². The van der Waals surface area contributed by atoms with Crippen molar-refractivity contribution < 1.29 is 4.79 Å². The second-order valence-electron chi connectivity index (χ2n) is 9.10. The summed E-state index contributed by atoms with van der Waals surface area (Å²) in [7, 11) is 0. The van der Waals surface area contributed by atoms with Gasteiger partial charge in [-0.05, 0) is 24.8 Å². The summed E-state index contributed by atoms with van der Waals surface area (Å²) in [5.74, 6) is -0.238. The molecule has 0 spiro atoms. The quantitative estimate of drug-likeness (QED) is 0.311. The number of amides is 1. The third-order valence-electron chi connectivity index (χ3n) is 6.36. The summed E-state index contributed by atoms with van der Waals surface area (Å²) >= 11 is 2.71. The van der Waals surface area contributed by atoms with Gasteiger partial charge in [-0.1, -0.05) is 86.0 Å². The number of nitrogens with zero attached hydrogens (tertiary/aromatic N) is 4. The lowest BCUT2D eigenvalue weighted by Crippen LogP contribution is -2.42. The first-order chi connectivity index (χ1) is 18.0. The molecule has 0 aliphatic heterocycles. The Balaban J connectivity index is 1.50. The smallest absolute Gasteiger partial charge is 0.330 e. The Morgan fingerprint density at radius 3 is 2.70 bits per heavy atom. The summed E-state index contributed by atoms with van der Waals surface area (Å²) in [5.41, 5.74) is 5.93. The fourth-order valence-electron chi connectivity index (χ4n) is 4.39. The molecule has 12 heteroatoms. The van der Waals surface area contributed by atoms with Crippen LogP contribution in [-0.4, -0.2) is 44.0 Å². The van der Waals surface area contributed by atoms with Gasteiger partial charge in [-0.3, -0.25) is 19.1 Å². The molecular formula is C25H33N7O3S2. The predicted molar refractivity (Wildman–Crippen MR) is 150 cm³/mol. The summed E-state index contributed by atoms with van der Waals surface area (Å²) in [6.45, 7) is 2.50. The van der Waals surface area contributed by atoms with Crippen LogP contribution in [0.5, 0.6) is 0 Å². The van der Waals surface area contributed by atoms with Gasteiger partial charge in [0.2, 0.25) is 11.0 Å². The molecule has 1 aliphatic carbocycles. The topological polar surface area (TPSA) is 139 Å². The summed E-state index contributed by atoms with van der Waals surface area (Å²) < 4.78 is 1.97. The highest BCUT2D eigenvalue weighted by Gasteiger charge is 2.25. The highest BCUT2D eigenvalue weighted by molar-refractivity contribution is 8.01. The monoisotopic (exact) mass is 543 g/mol. The molecule has 1 amide bonds. The maximum atomic E-state index is 13.4. The first kappa shape index (κ1) is 26.9. The number of hydrogen-bond acceptors (Lipinski definition) is 9. The Labute approximate surface area is 223 Å². The van der Waals surface area contributed by atoms with Crippen LogP contribution in [0.2, 0.25) is 0 Å². The molecule has 0 unspecified atom stereocenters. The molecule has 10 nitrogen and oxygen atoms in total. The van der Waals surface area contributed by atoms with E-state index in [0.29, 0.717) is 23.3 Å². The number of benzene rings is 1. The fraction of sp³-hybridized carbons (Fsp3) is 0.480. The fourth-order valence-corrected chi connectivity index (χ4v) is 6.09. The van der Waals surface area contributed by atoms with Crippen LogP contribution >= 0.6 is 23.1 Å². The van der Waals surface area contributed by atoms with Crippen LogP contribution < -0.4 is 27.2 Å². The van der Waals surface area contributed by atoms with Crippen molar-refractivity contribution in [1.29, 1.82) is 0 Å². The highest BCUT2D eigenvalue weighted by atomic mass is 32.2. The van der Waals surface area contributed by atoms with E-state index in [1.165, 1.54) is 51.8 Å². The van der Waals surface area contributed by atoms with Crippen molar-refractivity contribution in [2.45, 2.75) is 68.8 Å². The molecule has 2 heterocycles. The number of nitrogens with one attached hydrogen (secondary N) is 2. The van der Waals surface area contributed by atoms with Crippen LogP contribution in [0, 0.1) is 0 Å². The molecule has 3 aromatic rings. The van der Waals surface area contributed by atoms with Gasteiger partial charge in [0.1, 0.15) is 5.82 Å². The molecule has 0 bridgehead atoms. The molecule has 0 saturated heterocycles. The summed E-state index contributed by atoms with van der Waals surface area (Å²) in [4.78, 5) is 42.5. The van der Waals surface area contributed by atoms with Crippen LogP contribution in [0.3, 0.4) is 0 Å². The Bertz CT molecular complexity index is 1300. The van der Waals surface area contributed by atoms with Crippen molar-refractivity contribution >= 4 is 45.6 Å². The lowest BCUT2D eigenvalue weighted by molar-refractivity contribution is -0.116. The SMILES string of the molecule is CCCCN(C(=O)CSc1nnc(NC2CCCCC2)s1)c1c(N)n(Cc2ccccc2)c(=O)[nH]c1=O. The second kappa shape index (κ2) is 12.9. The Kier molecular flexibility index (Phi) is 9.40. The number of H-pyrrole nitrogens is 1. The minimum atomic E-state index is -0.670. The molecule has 37 heavy (non-hydrogen) atoms. The molecule has 4 N–H and O–H groups in total. The van der Waals surface area contributed by atoms with E-state index >= 15 is 0 Å². The van der Waals surface area contributed by atoms with E-state index in [-0.39, 0.29) is 29.7 Å². The zero-order valence-electron chi connectivity index (χ0n) is 20.9. The lowest BCUT2D eigenvalue weighted by Gasteiger charge is -2.24. The maximum Gasteiger partial charge on any atom is 0.330 e. The first-order valence-corrected chi connectivity index (χ1v) is 14.5. The number of aromatic nitrogens is 4. The maximum absolute atomic E-state index is 13.4. The number of unbranched alkanes of at least 4 members (excludes halogenated alkanes) is 1. The minimum absolute atomic E-state index is 0.00602. The standard InChI is InChI=1S/C25H33N7O3S2/c1-2-3-14-31(19(33)16-36-25-30-29-23(37-25)27-18-12-8-5-9-13-18)20-21(26)32(24(35)28-22(20)34)15-17-10-6-4-7-11-17/h4,6-7,10-11,18H,2-3,5,8-9,12-16,26H2,1H3,(H,27,29)(H,28,34,35). The second-order valence-corrected chi connectivity index (χ2v) is 11.3. The van der Waals surface area contributed by atoms with Crippen LogP contribution in [0.15, 0.2) is 44.3 Å². The van der Waals surface area contributed by atoms with E-state index < -0.39 is 11.2 Å². The molecule has 1 aromatic carbocycles. The molecule has 1 aliphatic rings. The van der Waals surface area contributed by atoms with Crippen molar-refractivity contribution in [1.82, 2.24) is 19.7 Å². The zero-order valence-corrected chi connectivity index (χ0v) is 22.6. The van der Waals surface area contributed by atoms with E-state index in [9.17, 15) is 14.4 Å². The van der Waals surface area contributed by atoms with Gasteiger partial charge in [-0.25, -0.2) is 4.79 Å². The Hall–Kier alpha value is -3.12. The number of carbonyl (C=O) groups excluding carboxylic acids is 1. The normalized spacial score (nSPS) is 14.0. The molecular weight excluding hydrogens is 510 g/mol. The number of anilines is 3. The molecule has 0 atom stereocenters. The van der Waals surface area contributed by atoms with Gasteiger partial charge < -0.3 is 16.0 Å². The average Bonchev–Trinajstić information content (AvgIpc) is 3.35. The molecule has 4 rings (SSSR count). The van der Waals surface area contributed by atoms with Crippen molar-refractivity contribution in [2.24, 2.45) is 0 Å². The number of rotatable bonds is 11. The van der Waals surface area contributed by atoms with E-state index in [2.05, 4.69) is 20.5 Å². The lowest BCUT2D eigenvalue weighted by atomic mass is 9.96. The number of hydrogen-bond donors (Lipinski definition) is 3. The van der Waals surface area contributed by atoms with Crippen LogP contribution in [0.25, 0.3) is 0 Å².